The Morgan fingerprint density at radius 2 is 1.29 bits per heavy atom. The number of carbonyl (C=O) groups is 1. The average molecular weight is 491 g/mol. The third kappa shape index (κ3) is 15.6. The lowest BCUT2D eigenvalue weighted by Crippen LogP contribution is -2.36. The molecule has 0 aromatic heterocycles. The molecule has 0 aliphatic rings. The Bertz CT molecular complexity index is 660. The summed E-state index contributed by atoms with van der Waals surface area (Å²) >= 11 is 0. The molecule has 1 aromatic rings. The molecule has 0 bridgehead atoms. The number of unbranched alkanes of at least 4 members (excludes halogenated alkanes) is 12. The highest BCUT2D eigenvalue weighted by atomic mass is 16.6. The smallest absolute Gasteiger partial charge is 0.338 e. The molecule has 1 rings (SSSR count). The number of esters is 1. The maximum Gasteiger partial charge on any atom is 0.338 e. The zero-order valence-electron chi connectivity index (χ0n) is 22.6. The van der Waals surface area contributed by atoms with E-state index in [2.05, 4.69) is 19.2 Å². The topological polar surface area (TPSA) is 81.5 Å². The first-order valence-corrected chi connectivity index (χ1v) is 14.2. The third-order valence-electron chi connectivity index (χ3n) is 6.63. The van der Waals surface area contributed by atoms with E-state index in [0.717, 1.165) is 0 Å². The number of nitrogens with zero attached hydrogens (tertiary/aromatic N) is 1. The minimum Gasteiger partial charge on any atom is -0.458 e. The van der Waals surface area contributed by atoms with Crippen molar-refractivity contribution in [2.75, 3.05) is 6.54 Å². The van der Waals surface area contributed by atoms with E-state index in [1.807, 2.05) is 6.92 Å². The average Bonchev–Trinajstić information content (AvgIpc) is 2.85. The van der Waals surface area contributed by atoms with Crippen LogP contribution in [0.25, 0.3) is 0 Å². The second kappa shape index (κ2) is 20.3. The molecule has 0 saturated carbocycles. The van der Waals surface area contributed by atoms with Crippen LogP contribution in [0.3, 0.4) is 0 Å². The van der Waals surface area contributed by atoms with Crippen molar-refractivity contribution in [2.45, 2.75) is 136 Å². The van der Waals surface area contributed by atoms with Gasteiger partial charge in [0.2, 0.25) is 0 Å². The van der Waals surface area contributed by atoms with Crippen LogP contribution in [0, 0.1) is 10.1 Å². The summed E-state index contributed by atoms with van der Waals surface area (Å²) in [5, 5.41) is 14.5. The first-order chi connectivity index (χ1) is 17.0. The molecule has 35 heavy (non-hydrogen) atoms. The van der Waals surface area contributed by atoms with Gasteiger partial charge < -0.3 is 10.1 Å². The van der Waals surface area contributed by atoms with E-state index < -0.39 is 10.9 Å². The molecule has 1 N–H and O–H groups in total. The molecular weight excluding hydrogens is 440 g/mol. The van der Waals surface area contributed by atoms with Gasteiger partial charge in [0.1, 0.15) is 6.10 Å². The number of ether oxygens (including phenoxy) is 1. The van der Waals surface area contributed by atoms with E-state index in [4.69, 9.17) is 4.74 Å². The van der Waals surface area contributed by atoms with E-state index in [9.17, 15) is 14.9 Å². The standard InChI is InChI=1S/C29H50N2O4/c1-4-6-8-10-12-14-16-18-27(19-17-15-13-11-9-7-5-2)30-24-25(3)35-29(32)26-20-22-28(23-21-26)31(33)34/h20-23,25,27,30H,4-19,24H2,1-3H3/t25-/m1/s1. The summed E-state index contributed by atoms with van der Waals surface area (Å²) in [6.07, 6.45) is 20.5. The normalized spacial score (nSPS) is 12.1. The summed E-state index contributed by atoms with van der Waals surface area (Å²) < 4.78 is 5.58. The van der Waals surface area contributed by atoms with Gasteiger partial charge in [-0.25, -0.2) is 4.79 Å². The van der Waals surface area contributed by atoms with Crippen molar-refractivity contribution in [1.82, 2.24) is 5.32 Å². The molecule has 0 saturated heterocycles. The lowest BCUT2D eigenvalue weighted by molar-refractivity contribution is -0.384. The number of nitro benzene ring substituents is 1. The lowest BCUT2D eigenvalue weighted by atomic mass is 9.99. The fourth-order valence-corrected chi connectivity index (χ4v) is 4.39. The molecule has 0 aliphatic heterocycles. The first-order valence-electron chi connectivity index (χ1n) is 14.2. The number of non-ortho nitro benzene ring substituents is 1. The summed E-state index contributed by atoms with van der Waals surface area (Å²) in [4.78, 5) is 22.7. The maximum atomic E-state index is 12.4. The van der Waals surface area contributed by atoms with Crippen molar-refractivity contribution in [3.63, 3.8) is 0 Å². The van der Waals surface area contributed by atoms with Crippen molar-refractivity contribution in [3.05, 3.63) is 39.9 Å². The van der Waals surface area contributed by atoms with E-state index in [-0.39, 0.29) is 11.8 Å². The maximum absolute atomic E-state index is 12.4. The van der Waals surface area contributed by atoms with Crippen LogP contribution in [-0.4, -0.2) is 29.6 Å². The molecular formula is C29H50N2O4. The molecule has 1 aromatic carbocycles. The molecule has 0 amide bonds. The number of rotatable bonds is 22. The Morgan fingerprint density at radius 3 is 1.74 bits per heavy atom. The molecule has 1 atom stereocenters. The number of hydrogen-bond acceptors (Lipinski definition) is 5. The van der Waals surface area contributed by atoms with Crippen LogP contribution in [0.4, 0.5) is 5.69 Å². The van der Waals surface area contributed by atoms with Gasteiger partial charge in [-0.15, -0.1) is 0 Å². The van der Waals surface area contributed by atoms with Crippen LogP contribution >= 0.6 is 0 Å². The van der Waals surface area contributed by atoms with Gasteiger partial charge in [-0.1, -0.05) is 104 Å². The Hall–Kier alpha value is -1.95. The summed E-state index contributed by atoms with van der Waals surface area (Å²) in [5.74, 6) is -0.440. The Kier molecular flexibility index (Phi) is 18.0. The van der Waals surface area contributed by atoms with Gasteiger partial charge in [0.15, 0.2) is 0 Å². The minimum absolute atomic E-state index is 0.0326. The lowest BCUT2D eigenvalue weighted by Gasteiger charge is -2.22. The predicted octanol–water partition coefficient (Wildman–Crippen LogP) is 8.38. The Balaban J connectivity index is 2.41. The van der Waals surface area contributed by atoms with Crippen molar-refractivity contribution in [2.24, 2.45) is 0 Å². The van der Waals surface area contributed by atoms with Crippen LogP contribution in [0.15, 0.2) is 24.3 Å². The van der Waals surface area contributed by atoms with Gasteiger partial charge in [-0.2, -0.15) is 0 Å². The van der Waals surface area contributed by atoms with E-state index in [1.54, 1.807) is 0 Å². The molecule has 6 nitrogen and oxygen atoms in total. The first kappa shape index (κ1) is 31.1. The van der Waals surface area contributed by atoms with Crippen molar-refractivity contribution in [1.29, 1.82) is 0 Å². The van der Waals surface area contributed by atoms with Gasteiger partial charge in [0.05, 0.1) is 10.5 Å². The molecule has 0 heterocycles. The number of hydrogen-bond donors (Lipinski definition) is 1. The summed E-state index contributed by atoms with van der Waals surface area (Å²) in [5.41, 5.74) is 0.306. The molecule has 0 radical (unpaired) electrons. The number of nitro groups is 1. The third-order valence-corrected chi connectivity index (χ3v) is 6.63. The molecule has 0 unspecified atom stereocenters. The fraction of sp³-hybridized carbons (Fsp3) is 0.759. The highest BCUT2D eigenvalue weighted by molar-refractivity contribution is 5.89. The quantitative estimate of drug-likeness (QED) is 0.0764. The van der Waals surface area contributed by atoms with Crippen molar-refractivity contribution < 1.29 is 14.5 Å². The Morgan fingerprint density at radius 1 is 0.829 bits per heavy atom. The van der Waals surface area contributed by atoms with Gasteiger partial charge in [-0.3, -0.25) is 10.1 Å². The van der Waals surface area contributed by atoms with Crippen LogP contribution in [0.2, 0.25) is 0 Å². The van der Waals surface area contributed by atoms with E-state index in [1.165, 1.54) is 127 Å². The zero-order chi connectivity index (χ0) is 25.7. The molecule has 0 aliphatic carbocycles. The van der Waals surface area contributed by atoms with Gasteiger partial charge in [0, 0.05) is 24.7 Å². The largest absolute Gasteiger partial charge is 0.458 e. The van der Waals surface area contributed by atoms with E-state index in [0.29, 0.717) is 18.2 Å². The second-order valence-corrected chi connectivity index (χ2v) is 9.95. The second-order valence-electron chi connectivity index (χ2n) is 9.95. The van der Waals surface area contributed by atoms with Crippen LogP contribution in [0.5, 0.6) is 0 Å². The SMILES string of the molecule is CCCCCCCCCC(CCCCCCCCC)NC[C@@H](C)OC(=O)c1ccc([N+](=O)[O-])cc1. The van der Waals surface area contributed by atoms with Crippen molar-refractivity contribution in [3.8, 4) is 0 Å². The highest BCUT2D eigenvalue weighted by Gasteiger charge is 2.16. The minimum atomic E-state index is -0.474. The fourth-order valence-electron chi connectivity index (χ4n) is 4.39. The van der Waals surface area contributed by atoms with Crippen LogP contribution < -0.4 is 5.32 Å². The number of nitrogens with one attached hydrogen (secondary N) is 1. The van der Waals surface area contributed by atoms with E-state index >= 15 is 0 Å². The molecule has 0 fully saturated rings. The summed E-state index contributed by atoms with van der Waals surface area (Å²) in [7, 11) is 0. The van der Waals surface area contributed by atoms with Crippen LogP contribution in [0.1, 0.15) is 134 Å². The summed E-state index contributed by atoms with van der Waals surface area (Å²) in [6.45, 7) is 7.03. The van der Waals surface area contributed by atoms with Crippen molar-refractivity contribution >= 4 is 11.7 Å². The molecule has 6 heteroatoms. The molecule has 200 valence electrons. The molecule has 0 spiro atoms. The predicted molar refractivity (Wildman–Crippen MR) is 145 cm³/mol. The number of carbonyl (C=O) groups excluding carboxylic acids is 1. The summed E-state index contributed by atoms with van der Waals surface area (Å²) in [6, 6.07) is 6.02. The highest BCUT2D eigenvalue weighted by Crippen LogP contribution is 2.16. The zero-order valence-corrected chi connectivity index (χ0v) is 22.6. The monoisotopic (exact) mass is 490 g/mol. The van der Waals surface area contributed by atoms with Gasteiger partial charge >= 0.3 is 5.97 Å². The number of benzene rings is 1. The van der Waals surface area contributed by atoms with Crippen LogP contribution in [-0.2, 0) is 4.74 Å². The Labute approximate surface area is 213 Å². The van der Waals surface area contributed by atoms with Gasteiger partial charge in [-0.05, 0) is 31.9 Å². The van der Waals surface area contributed by atoms with Gasteiger partial charge in [0.25, 0.3) is 5.69 Å².